The van der Waals surface area contributed by atoms with E-state index in [4.69, 9.17) is 11.6 Å². The molecule has 0 atom stereocenters. The van der Waals surface area contributed by atoms with Crippen molar-refractivity contribution in [2.75, 3.05) is 6.54 Å². The molecule has 3 N–H and O–H groups in total. The summed E-state index contributed by atoms with van der Waals surface area (Å²) in [5, 5.41) is 16.3. The molecule has 5 nitrogen and oxygen atoms in total. The topological polar surface area (TPSA) is 78.4 Å². The number of phenolic OH excluding ortho intramolecular Hbond substituents is 1. The van der Waals surface area contributed by atoms with Crippen LogP contribution in [0.4, 0.5) is 0 Å². The Morgan fingerprint density at radius 1 is 1.04 bits per heavy atom. The second kappa shape index (κ2) is 8.65. The average molecular weight is 403 g/mol. The van der Waals surface area contributed by atoms with E-state index in [2.05, 4.69) is 10.6 Å². The number of halogens is 1. The van der Waals surface area contributed by atoms with E-state index in [0.717, 1.165) is 0 Å². The summed E-state index contributed by atoms with van der Waals surface area (Å²) >= 11 is 5.93. The minimum absolute atomic E-state index is 0.0271. The van der Waals surface area contributed by atoms with Crippen molar-refractivity contribution in [2.45, 2.75) is 39.7 Å². The van der Waals surface area contributed by atoms with Gasteiger partial charge in [0.25, 0.3) is 5.91 Å². The summed E-state index contributed by atoms with van der Waals surface area (Å²) in [5.41, 5.74) is 0.0563. The van der Waals surface area contributed by atoms with E-state index < -0.39 is 11.0 Å². The highest BCUT2D eigenvalue weighted by molar-refractivity contribution is 6.30. The quantitative estimate of drug-likeness (QED) is 0.656. The maximum Gasteiger partial charge on any atom is 0.251 e. The molecule has 2 aromatic carbocycles. The third-order valence-corrected chi connectivity index (χ3v) is 5.51. The number of carbonyl (C=O) groups excluding carboxylic acids is 2. The Kier molecular flexibility index (Phi) is 6.73. The second-order valence-corrected chi connectivity index (χ2v) is 8.49. The fraction of sp³-hybridized carbons (Fsp3) is 0.364. The number of benzene rings is 2. The molecule has 0 radical (unpaired) electrons. The Hall–Kier alpha value is -2.53. The Balaban J connectivity index is 1.98. The van der Waals surface area contributed by atoms with E-state index in [1.807, 2.05) is 45.9 Å². The predicted octanol–water partition coefficient (Wildman–Crippen LogP) is 3.94. The number of hydrogen-bond acceptors (Lipinski definition) is 3. The number of nitrogens with one attached hydrogen (secondary N) is 2. The highest BCUT2D eigenvalue weighted by atomic mass is 35.5. The van der Waals surface area contributed by atoms with E-state index in [-0.39, 0.29) is 24.0 Å². The largest absolute Gasteiger partial charge is 0.508 e. The Bertz CT molecular complexity index is 848. The number of amides is 2. The van der Waals surface area contributed by atoms with Gasteiger partial charge < -0.3 is 15.7 Å². The third-order valence-electron chi connectivity index (χ3n) is 5.27. The van der Waals surface area contributed by atoms with Crippen molar-refractivity contribution in [3.63, 3.8) is 0 Å². The molecular formula is C22H27ClN2O3. The summed E-state index contributed by atoms with van der Waals surface area (Å²) in [6.45, 7) is 8.19. The van der Waals surface area contributed by atoms with Crippen LogP contribution >= 0.6 is 11.6 Å². The van der Waals surface area contributed by atoms with Crippen LogP contribution < -0.4 is 10.6 Å². The molecule has 2 aromatic rings. The lowest BCUT2D eigenvalue weighted by Crippen LogP contribution is -2.57. The molecule has 0 bridgehead atoms. The Labute approximate surface area is 171 Å². The molecule has 0 fully saturated rings. The summed E-state index contributed by atoms with van der Waals surface area (Å²) < 4.78 is 0. The van der Waals surface area contributed by atoms with Crippen LogP contribution in [0.15, 0.2) is 48.5 Å². The molecule has 0 saturated carbocycles. The highest BCUT2D eigenvalue weighted by Crippen LogP contribution is 2.30. The van der Waals surface area contributed by atoms with Gasteiger partial charge in [-0.15, -0.1) is 0 Å². The van der Waals surface area contributed by atoms with Crippen LogP contribution in [0.1, 0.15) is 43.6 Å². The van der Waals surface area contributed by atoms with Gasteiger partial charge in [-0.3, -0.25) is 9.59 Å². The maximum absolute atomic E-state index is 12.5. The first kappa shape index (κ1) is 21.8. The van der Waals surface area contributed by atoms with Crippen LogP contribution in [0.2, 0.25) is 5.02 Å². The molecule has 2 rings (SSSR count). The summed E-state index contributed by atoms with van der Waals surface area (Å²) in [5.74, 6) is -0.348. The van der Waals surface area contributed by atoms with Gasteiger partial charge in [0, 0.05) is 33.6 Å². The number of rotatable bonds is 7. The summed E-state index contributed by atoms with van der Waals surface area (Å²) in [4.78, 5) is 24.9. The van der Waals surface area contributed by atoms with E-state index in [0.29, 0.717) is 22.7 Å². The molecule has 0 spiro atoms. The highest BCUT2D eigenvalue weighted by Gasteiger charge is 2.38. The lowest BCUT2D eigenvalue weighted by molar-refractivity contribution is -0.121. The molecular weight excluding hydrogens is 376 g/mol. The molecule has 0 unspecified atom stereocenters. The van der Waals surface area contributed by atoms with Crippen LogP contribution in [0, 0.1) is 5.41 Å². The summed E-state index contributed by atoms with van der Waals surface area (Å²) in [6, 6.07) is 13.6. The molecule has 0 aromatic heterocycles. The van der Waals surface area contributed by atoms with Crippen molar-refractivity contribution in [1.29, 1.82) is 0 Å². The van der Waals surface area contributed by atoms with Crippen molar-refractivity contribution < 1.29 is 14.7 Å². The van der Waals surface area contributed by atoms with Gasteiger partial charge in [-0.25, -0.2) is 0 Å². The van der Waals surface area contributed by atoms with Gasteiger partial charge in [-0.2, -0.15) is 0 Å². The molecule has 150 valence electrons. The molecule has 0 saturated heterocycles. The lowest BCUT2D eigenvalue weighted by Gasteiger charge is -2.42. The average Bonchev–Trinajstić information content (AvgIpc) is 2.63. The third kappa shape index (κ3) is 5.49. The minimum Gasteiger partial charge on any atom is -0.508 e. The number of phenols is 1. The first-order valence-electron chi connectivity index (χ1n) is 9.13. The van der Waals surface area contributed by atoms with Crippen molar-refractivity contribution in [3.05, 3.63) is 64.7 Å². The molecule has 0 aliphatic rings. The number of aromatic hydroxyl groups is 1. The molecule has 28 heavy (non-hydrogen) atoms. The molecule has 0 aliphatic heterocycles. The number of carbonyl (C=O) groups is 2. The first-order valence-corrected chi connectivity index (χ1v) is 9.51. The van der Waals surface area contributed by atoms with Crippen molar-refractivity contribution in [1.82, 2.24) is 10.6 Å². The van der Waals surface area contributed by atoms with Gasteiger partial charge >= 0.3 is 0 Å². The minimum atomic E-state index is -0.578. The van der Waals surface area contributed by atoms with Gasteiger partial charge in [0.2, 0.25) is 5.91 Å². The van der Waals surface area contributed by atoms with E-state index in [1.165, 1.54) is 6.07 Å². The fourth-order valence-electron chi connectivity index (χ4n) is 2.59. The zero-order valence-corrected chi connectivity index (χ0v) is 17.4. The summed E-state index contributed by atoms with van der Waals surface area (Å²) in [6.07, 6.45) is 0.0271. The standard InChI is InChI=1S/C22H27ClN2O3/c1-21(2,22(3,4)25-20(28)15-8-6-5-7-9-15)14-24-19(27)13-16-12-17(23)10-11-18(16)26/h5-12,26H,13-14H2,1-4H3,(H,24,27)(H,25,28). The van der Waals surface area contributed by atoms with Crippen LogP contribution in [0.5, 0.6) is 5.75 Å². The molecule has 2 amide bonds. The predicted molar refractivity (Wildman–Crippen MR) is 112 cm³/mol. The smallest absolute Gasteiger partial charge is 0.251 e. The van der Waals surface area contributed by atoms with E-state index >= 15 is 0 Å². The van der Waals surface area contributed by atoms with E-state index in [1.54, 1.807) is 24.3 Å². The maximum atomic E-state index is 12.5. The number of hydrogen-bond donors (Lipinski definition) is 3. The molecule has 0 heterocycles. The fourth-order valence-corrected chi connectivity index (χ4v) is 2.78. The Morgan fingerprint density at radius 2 is 1.68 bits per heavy atom. The van der Waals surface area contributed by atoms with Crippen molar-refractivity contribution in [2.24, 2.45) is 5.41 Å². The van der Waals surface area contributed by atoms with Crippen LogP contribution in [0.25, 0.3) is 0 Å². The van der Waals surface area contributed by atoms with Crippen LogP contribution in [0.3, 0.4) is 0 Å². The monoisotopic (exact) mass is 402 g/mol. The Morgan fingerprint density at radius 3 is 2.32 bits per heavy atom. The van der Waals surface area contributed by atoms with Crippen molar-refractivity contribution in [3.8, 4) is 5.75 Å². The van der Waals surface area contributed by atoms with Gasteiger partial charge in [0.05, 0.1) is 6.42 Å². The van der Waals surface area contributed by atoms with Crippen LogP contribution in [-0.4, -0.2) is 29.0 Å². The zero-order valence-electron chi connectivity index (χ0n) is 16.7. The second-order valence-electron chi connectivity index (χ2n) is 8.06. The molecule has 0 aliphatic carbocycles. The van der Waals surface area contributed by atoms with E-state index in [9.17, 15) is 14.7 Å². The normalized spacial score (nSPS) is 11.8. The molecule has 6 heteroatoms. The first-order chi connectivity index (χ1) is 13.0. The van der Waals surface area contributed by atoms with Gasteiger partial charge in [0.15, 0.2) is 0 Å². The lowest BCUT2D eigenvalue weighted by atomic mass is 9.74. The van der Waals surface area contributed by atoms with Gasteiger partial charge in [-0.1, -0.05) is 43.6 Å². The summed E-state index contributed by atoms with van der Waals surface area (Å²) in [7, 11) is 0. The zero-order chi connectivity index (χ0) is 20.9. The van der Waals surface area contributed by atoms with Crippen LogP contribution in [-0.2, 0) is 11.2 Å². The SMILES string of the molecule is CC(C)(CNC(=O)Cc1cc(Cl)ccc1O)C(C)(C)NC(=O)c1ccccc1. The van der Waals surface area contributed by atoms with Gasteiger partial charge in [0.1, 0.15) is 5.75 Å². The van der Waals surface area contributed by atoms with Crippen molar-refractivity contribution >= 4 is 23.4 Å². The van der Waals surface area contributed by atoms with Gasteiger partial charge in [-0.05, 0) is 44.2 Å².